The number of nitrogens with zero attached hydrogens (tertiary/aromatic N) is 6. The molecule has 0 aliphatic carbocycles. The summed E-state index contributed by atoms with van der Waals surface area (Å²) in [6.45, 7) is 30.7. The molecule has 0 radical (unpaired) electrons. The molecule has 12 aromatic rings. The van der Waals surface area contributed by atoms with Gasteiger partial charge in [0, 0.05) is 63.3 Å². The molecule has 0 aliphatic heterocycles. The third-order valence-electron chi connectivity index (χ3n) is 16.3. The first kappa shape index (κ1) is 80.5. The van der Waals surface area contributed by atoms with Crippen molar-refractivity contribution >= 4 is 117 Å². The van der Waals surface area contributed by atoms with E-state index in [1.54, 1.807) is 12.4 Å². The van der Waals surface area contributed by atoms with Crippen LogP contribution in [0.4, 0.5) is 50.4 Å². The number of hydrogen-bond acceptors (Lipinski definition) is 6. The number of fused-ring (bicyclic) bond motifs is 6. The summed E-state index contributed by atoms with van der Waals surface area (Å²) in [6, 6.07) is 46.6. The molecule has 0 N–H and O–H groups in total. The van der Waals surface area contributed by atoms with E-state index in [1.807, 2.05) is 48.6 Å². The molecule has 12 rings (SSSR count). The standard InChI is InChI=1S/2C31H29IN2.C12H10N2.2Cu.2F6P/c2*1-16-14-17(2)27(18(3)15-16)25-12-10-23-8-9-24-11-13-26(34-31(24)30(23)33-25)28-19(4)21(6)29(32)22(7)20(28)5;1-3-9-13-11(5-1)7-8-12-6-2-4-10-14-12;;;2*1-7(2,3,4,5)6/h2*8-15H,1-7H3;1-10H;;;;/q;;;2*+1;2*-1/b;;8-7+;;;;. The van der Waals surface area contributed by atoms with Gasteiger partial charge in [0.2, 0.25) is 0 Å². The van der Waals surface area contributed by atoms with Gasteiger partial charge in [0.25, 0.3) is 0 Å². The van der Waals surface area contributed by atoms with E-state index in [2.05, 4.69) is 249 Å². The molecule has 0 bridgehead atoms. The molecule has 524 valence electrons. The Morgan fingerprint density at radius 3 is 0.724 bits per heavy atom. The predicted octanol–water partition coefficient (Wildman–Crippen LogP) is 27.2. The van der Waals surface area contributed by atoms with Crippen molar-refractivity contribution in [3.05, 3.63) is 242 Å². The van der Waals surface area contributed by atoms with E-state index in [9.17, 15) is 50.4 Å². The van der Waals surface area contributed by atoms with Gasteiger partial charge in [-0.3, -0.25) is 9.97 Å². The first-order valence-corrected chi connectivity index (χ1v) is 36.1. The molecule has 0 spiro atoms. The van der Waals surface area contributed by atoms with Gasteiger partial charge in [0.1, 0.15) is 0 Å². The van der Waals surface area contributed by atoms with Crippen LogP contribution in [0.1, 0.15) is 89.3 Å². The van der Waals surface area contributed by atoms with Gasteiger partial charge in [-0.2, -0.15) is 0 Å². The number of benzene rings is 6. The van der Waals surface area contributed by atoms with Crippen molar-refractivity contribution in [2.75, 3.05) is 0 Å². The van der Waals surface area contributed by atoms with Gasteiger partial charge in [0.05, 0.1) is 56.2 Å². The van der Waals surface area contributed by atoms with E-state index >= 15 is 0 Å². The van der Waals surface area contributed by atoms with Crippen molar-refractivity contribution in [1.29, 1.82) is 0 Å². The molecular formula is C74H68Cu2F12I2N6P2. The van der Waals surface area contributed by atoms with Gasteiger partial charge < -0.3 is 0 Å². The Kier molecular flexibility index (Phi) is 24.0. The summed E-state index contributed by atoms with van der Waals surface area (Å²) < 4.78 is 121. The Morgan fingerprint density at radius 2 is 0.510 bits per heavy atom. The van der Waals surface area contributed by atoms with Crippen molar-refractivity contribution in [3.63, 3.8) is 0 Å². The third-order valence-corrected chi connectivity index (χ3v) is 19.5. The van der Waals surface area contributed by atoms with Crippen LogP contribution in [-0.4, -0.2) is 29.9 Å². The maximum atomic E-state index is 9.87. The monoisotopic (exact) mass is 1710 g/mol. The maximum absolute atomic E-state index is 10.7. The van der Waals surface area contributed by atoms with Crippen LogP contribution in [0.3, 0.4) is 0 Å². The van der Waals surface area contributed by atoms with Crippen molar-refractivity contribution < 1.29 is 84.5 Å². The molecule has 0 aliphatic rings. The normalized spacial score (nSPS) is 12.8. The molecule has 6 aromatic carbocycles. The van der Waals surface area contributed by atoms with Gasteiger partial charge >= 0.3 is 100 Å². The second kappa shape index (κ2) is 29.2. The van der Waals surface area contributed by atoms with Crippen LogP contribution in [0.2, 0.25) is 0 Å². The third kappa shape index (κ3) is 21.5. The first-order chi connectivity index (χ1) is 44.2. The molecule has 6 nitrogen and oxygen atoms in total. The van der Waals surface area contributed by atoms with E-state index in [1.165, 1.54) is 107 Å². The van der Waals surface area contributed by atoms with Crippen LogP contribution < -0.4 is 0 Å². The molecule has 0 fully saturated rings. The molecule has 0 saturated carbocycles. The summed E-state index contributed by atoms with van der Waals surface area (Å²) in [5.41, 5.74) is 32.9. The average molecular weight is 1710 g/mol. The number of pyridine rings is 6. The number of aromatic nitrogens is 6. The van der Waals surface area contributed by atoms with E-state index in [0.717, 1.165) is 77.8 Å². The Labute approximate surface area is 610 Å². The molecule has 6 heterocycles. The van der Waals surface area contributed by atoms with E-state index in [-0.39, 0.29) is 34.1 Å². The van der Waals surface area contributed by atoms with E-state index < -0.39 is 15.6 Å². The largest absolute Gasteiger partial charge is 1.00 e. The number of rotatable bonds is 6. The Morgan fingerprint density at radius 1 is 0.296 bits per heavy atom. The van der Waals surface area contributed by atoms with Crippen LogP contribution in [-0.2, 0) is 34.1 Å². The predicted molar refractivity (Wildman–Crippen MR) is 392 cm³/mol. The number of aryl methyl sites for hydroxylation is 6. The summed E-state index contributed by atoms with van der Waals surface area (Å²) >= 11 is 4.94. The van der Waals surface area contributed by atoms with E-state index in [0.29, 0.717) is 0 Å². The zero-order valence-corrected chi connectivity index (χ0v) is 63.5. The minimum atomic E-state index is -10.7. The van der Waals surface area contributed by atoms with Crippen LogP contribution in [0, 0.1) is 104 Å². The molecule has 24 heteroatoms. The quantitative estimate of drug-likeness (QED) is 0.0543. The zero-order chi connectivity index (χ0) is 71.1. The van der Waals surface area contributed by atoms with Crippen LogP contribution >= 0.6 is 60.8 Å². The Bertz CT molecular complexity index is 4630. The zero-order valence-electron chi connectivity index (χ0n) is 55.5. The minimum Gasteiger partial charge on any atom is 1.00 e. The fourth-order valence-electron chi connectivity index (χ4n) is 11.7. The summed E-state index contributed by atoms with van der Waals surface area (Å²) in [7, 11) is -21.3. The molecule has 0 amide bonds. The maximum Gasteiger partial charge on any atom is 1.00 e. The Balaban J connectivity index is 0.000000220. The van der Waals surface area contributed by atoms with Gasteiger partial charge in [-0.1, -0.05) is 96.1 Å². The molecule has 6 aromatic heterocycles. The summed E-state index contributed by atoms with van der Waals surface area (Å²) in [6.07, 6.45) is 7.45. The summed E-state index contributed by atoms with van der Waals surface area (Å²) in [5.74, 6) is 0. The van der Waals surface area contributed by atoms with E-state index in [4.69, 9.17) is 19.9 Å². The van der Waals surface area contributed by atoms with Crippen molar-refractivity contribution in [3.8, 4) is 45.0 Å². The summed E-state index contributed by atoms with van der Waals surface area (Å²) in [4.78, 5) is 29.2. The van der Waals surface area contributed by atoms with Crippen LogP contribution in [0.25, 0.3) is 101 Å². The SMILES string of the molecule is C(=C\c1ccccn1)/c1ccccn1.Cc1cc(C)c(-c2ccc3ccc4ccc(-c5c(C)c(C)c(I)c(C)c5C)nc4c3n2)c(C)c1.Cc1cc(C)c(-c2ccc3ccc4ccc(-c5c(C)c(C)c(I)c(C)c5C)nc4c3n2)c(C)c1.F[P-](F)(F)(F)(F)F.F[P-](F)(F)(F)(F)F.[Cu+].[Cu+]. The average Bonchev–Trinajstić information content (AvgIpc) is 0.765. The molecule has 98 heavy (non-hydrogen) atoms. The van der Waals surface area contributed by atoms with Gasteiger partial charge in [0.15, 0.2) is 0 Å². The molecule has 0 unspecified atom stereocenters. The topological polar surface area (TPSA) is 77.3 Å². The number of hydrogen-bond donors (Lipinski definition) is 0. The minimum absolute atomic E-state index is 0. The Hall–Kier alpha value is -6.48. The van der Waals surface area contributed by atoms with Gasteiger partial charge in [-0.05, 0) is 270 Å². The molecule has 0 atom stereocenters. The van der Waals surface area contributed by atoms with Gasteiger partial charge in [-0.25, -0.2) is 19.9 Å². The fourth-order valence-corrected chi connectivity index (χ4v) is 13.3. The van der Waals surface area contributed by atoms with Crippen molar-refractivity contribution in [2.24, 2.45) is 0 Å². The first-order valence-electron chi connectivity index (χ1n) is 29.9. The van der Waals surface area contributed by atoms with Crippen LogP contribution in [0.5, 0.6) is 0 Å². The smallest absolute Gasteiger partial charge is 1.00 e. The molecule has 0 saturated heterocycles. The number of halogens is 14. The summed E-state index contributed by atoms with van der Waals surface area (Å²) in [5, 5.41) is 4.47. The fraction of sp³-hybridized carbons (Fsp3) is 0.189. The molecular weight excluding hydrogens is 1640 g/mol. The van der Waals surface area contributed by atoms with Crippen molar-refractivity contribution in [1.82, 2.24) is 29.9 Å². The second-order valence-corrected chi connectivity index (χ2v) is 29.9. The van der Waals surface area contributed by atoms with Crippen LogP contribution in [0.15, 0.2) is 146 Å². The second-order valence-electron chi connectivity index (χ2n) is 23.9. The van der Waals surface area contributed by atoms with Crippen molar-refractivity contribution in [2.45, 2.75) is 96.9 Å². The van der Waals surface area contributed by atoms with Gasteiger partial charge in [-0.15, -0.1) is 0 Å².